The number of carbonyl (C=O) groups is 2. The summed E-state index contributed by atoms with van der Waals surface area (Å²) in [7, 11) is 0. The highest BCUT2D eigenvalue weighted by molar-refractivity contribution is 6.29. The summed E-state index contributed by atoms with van der Waals surface area (Å²) in [6.07, 6.45) is 3.35. The summed E-state index contributed by atoms with van der Waals surface area (Å²) in [6, 6.07) is 3.01. The van der Waals surface area contributed by atoms with Gasteiger partial charge in [-0.3, -0.25) is 4.79 Å². The van der Waals surface area contributed by atoms with Crippen LogP contribution in [0.1, 0.15) is 23.2 Å². The van der Waals surface area contributed by atoms with Gasteiger partial charge in [0.2, 0.25) is 0 Å². The Kier molecular flexibility index (Phi) is 4.15. The lowest BCUT2D eigenvalue weighted by atomic mass is 10.3. The van der Waals surface area contributed by atoms with Crippen LogP contribution in [0, 0.1) is 0 Å². The molecule has 0 unspecified atom stereocenters. The largest absolute Gasteiger partial charge is 0.452 e. The second kappa shape index (κ2) is 5.82. The highest BCUT2D eigenvalue weighted by atomic mass is 35.5. The predicted octanol–water partition coefficient (Wildman–Crippen LogP) is 1.51. The van der Waals surface area contributed by atoms with Gasteiger partial charge in [-0.15, -0.1) is 0 Å². The van der Waals surface area contributed by atoms with Crippen LogP contribution in [0.15, 0.2) is 18.3 Å². The van der Waals surface area contributed by atoms with Crippen molar-refractivity contribution in [3.63, 3.8) is 0 Å². The topological polar surface area (TPSA) is 59.5 Å². The van der Waals surface area contributed by atoms with E-state index in [1.54, 1.807) is 4.90 Å². The Hall–Kier alpha value is -1.62. The lowest BCUT2D eigenvalue weighted by molar-refractivity contribution is -0.133. The van der Waals surface area contributed by atoms with Crippen molar-refractivity contribution in [2.75, 3.05) is 19.7 Å². The van der Waals surface area contributed by atoms with Crippen LogP contribution in [-0.4, -0.2) is 41.5 Å². The molecule has 2 heterocycles. The van der Waals surface area contributed by atoms with Gasteiger partial charge in [-0.1, -0.05) is 11.6 Å². The third-order valence-corrected chi connectivity index (χ3v) is 2.97. The van der Waals surface area contributed by atoms with Gasteiger partial charge in [0, 0.05) is 19.3 Å². The summed E-state index contributed by atoms with van der Waals surface area (Å²) in [6.45, 7) is 1.28. The molecule has 0 atom stereocenters. The van der Waals surface area contributed by atoms with Crippen LogP contribution < -0.4 is 0 Å². The molecule has 1 fully saturated rings. The number of hydrogen-bond acceptors (Lipinski definition) is 4. The number of likely N-dealkylation sites (tertiary alicyclic amines) is 1. The Morgan fingerprint density at radius 2 is 2.06 bits per heavy atom. The molecule has 0 aromatic carbocycles. The van der Waals surface area contributed by atoms with E-state index >= 15 is 0 Å². The van der Waals surface area contributed by atoms with Crippen molar-refractivity contribution in [3.8, 4) is 0 Å². The number of rotatable bonds is 3. The third kappa shape index (κ3) is 3.20. The number of hydrogen-bond donors (Lipinski definition) is 0. The molecule has 1 aliphatic rings. The second-order valence-corrected chi connectivity index (χ2v) is 4.42. The summed E-state index contributed by atoms with van der Waals surface area (Å²) in [5.74, 6) is -0.713. The van der Waals surface area contributed by atoms with Gasteiger partial charge in [0.1, 0.15) is 5.15 Å². The molecule has 2 rings (SSSR count). The van der Waals surface area contributed by atoms with Crippen molar-refractivity contribution in [1.29, 1.82) is 0 Å². The van der Waals surface area contributed by atoms with E-state index in [0.717, 1.165) is 25.9 Å². The molecule has 96 valence electrons. The molecule has 0 N–H and O–H groups in total. The number of halogens is 1. The van der Waals surface area contributed by atoms with Gasteiger partial charge in [-0.2, -0.15) is 0 Å². The lowest BCUT2D eigenvalue weighted by Crippen LogP contribution is -2.32. The summed E-state index contributed by atoms with van der Waals surface area (Å²) < 4.78 is 4.93. The summed E-state index contributed by atoms with van der Waals surface area (Å²) in [5, 5.41) is 0.305. The zero-order chi connectivity index (χ0) is 13.0. The average Bonchev–Trinajstić information content (AvgIpc) is 2.90. The first kappa shape index (κ1) is 12.8. The van der Waals surface area contributed by atoms with Gasteiger partial charge in [0.05, 0.1) is 5.56 Å². The number of aromatic nitrogens is 1. The molecule has 0 saturated carbocycles. The summed E-state index contributed by atoms with van der Waals surface area (Å²) in [4.78, 5) is 28.7. The monoisotopic (exact) mass is 268 g/mol. The van der Waals surface area contributed by atoms with Crippen LogP contribution in [0.25, 0.3) is 0 Å². The molecule has 1 amide bonds. The maximum atomic E-state index is 11.6. The molecule has 1 saturated heterocycles. The Labute approximate surface area is 110 Å². The Bertz CT molecular complexity index is 441. The highest BCUT2D eigenvalue weighted by Gasteiger charge is 2.19. The smallest absolute Gasteiger partial charge is 0.340 e. The molecular weight excluding hydrogens is 256 g/mol. The van der Waals surface area contributed by atoms with Gasteiger partial charge in [0.25, 0.3) is 5.91 Å². The van der Waals surface area contributed by atoms with Crippen molar-refractivity contribution in [1.82, 2.24) is 9.88 Å². The molecule has 0 spiro atoms. The van der Waals surface area contributed by atoms with E-state index in [9.17, 15) is 9.59 Å². The molecule has 0 radical (unpaired) electrons. The third-order valence-electron chi connectivity index (χ3n) is 2.75. The number of nitrogens with zero attached hydrogens (tertiary/aromatic N) is 2. The van der Waals surface area contributed by atoms with E-state index in [4.69, 9.17) is 16.3 Å². The summed E-state index contributed by atoms with van der Waals surface area (Å²) >= 11 is 5.61. The van der Waals surface area contributed by atoms with E-state index in [-0.39, 0.29) is 18.1 Å². The standard InChI is InChI=1S/C12H13ClN2O3/c13-10-4-3-9(7-14-10)12(17)18-8-11(16)15-5-1-2-6-15/h3-4,7H,1-2,5-6,8H2. The van der Waals surface area contributed by atoms with Gasteiger partial charge >= 0.3 is 5.97 Å². The lowest BCUT2D eigenvalue weighted by Gasteiger charge is -2.14. The van der Waals surface area contributed by atoms with E-state index in [0.29, 0.717) is 5.15 Å². The highest BCUT2D eigenvalue weighted by Crippen LogP contribution is 2.09. The number of carbonyl (C=O) groups excluding carboxylic acids is 2. The van der Waals surface area contributed by atoms with Gasteiger partial charge in [-0.05, 0) is 25.0 Å². The minimum Gasteiger partial charge on any atom is -0.452 e. The Balaban J connectivity index is 1.84. The van der Waals surface area contributed by atoms with Crippen LogP contribution in [0.3, 0.4) is 0 Å². The SMILES string of the molecule is O=C(OCC(=O)N1CCCC1)c1ccc(Cl)nc1. The van der Waals surface area contributed by atoms with Crippen molar-refractivity contribution in [3.05, 3.63) is 29.0 Å². The van der Waals surface area contributed by atoms with Crippen LogP contribution in [0.5, 0.6) is 0 Å². The van der Waals surface area contributed by atoms with Crippen molar-refractivity contribution < 1.29 is 14.3 Å². The summed E-state index contributed by atoms with van der Waals surface area (Å²) in [5.41, 5.74) is 0.286. The molecule has 1 aromatic rings. The molecule has 18 heavy (non-hydrogen) atoms. The fourth-order valence-corrected chi connectivity index (χ4v) is 1.88. The molecular formula is C12H13ClN2O3. The van der Waals surface area contributed by atoms with E-state index in [1.165, 1.54) is 18.3 Å². The van der Waals surface area contributed by atoms with Crippen LogP contribution in [0.2, 0.25) is 5.15 Å². The maximum Gasteiger partial charge on any atom is 0.340 e. The molecule has 0 aliphatic carbocycles. The predicted molar refractivity (Wildman–Crippen MR) is 65.3 cm³/mol. The fraction of sp³-hybridized carbons (Fsp3) is 0.417. The first-order valence-electron chi connectivity index (χ1n) is 5.73. The van der Waals surface area contributed by atoms with Gasteiger partial charge < -0.3 is 9.64 Å². The van der Waals surface area contributed by atoms with E-state index < -0.39 is 5.97 Å². The minimum atomic E-state index is -0.563. The molecule has 6 heteroatoms. The number of ether oxygens (including phenoxy) is 1. The van der Waals surface area contributed by atoms with Crippen LogP contribution in [-0.2, 0) is 9.53 Å². The zero-order valence-electron chi connectivity index (χ0n) is 9.76. The Morgan fingerprint density at radius 1 is 1.33 bits per heavy atom. The quantitative estimate of drug-likeness (QED) is 0.616. The average molecular weight is 269 g/mol. The molecule has 1 aliphatic heterocycles. The molecule has 0 bridgehead atoms. The molecule has 5 nitrogen and oxygen atoms in total. The Morgan fingerprint density at radius 3 is 2.67 bits per heavy atom. The maximum absolute atomic E-state index is 11.6. The first-order chi connectivity index (χ1) is 8.66. The van der Waals surface area contributed by atoms with Crippen LogP contribution in [0.4, 0.5) is 0 Å². The van der Waals surface area contributed by atoms with Gasteiger partial charge in [-0.25, -0.2) is 9.78 Å². The van der Waals surface area contributed by atoms with Crippen LogP contribution >= 0.6 is 11.6 Å². The molecule has 1 aromatic heterocycles. The second-order valence-electron chi connectivity index (χ2n) is 4.03. The number of amides is 1. The fourth-order valence-electron chi connectivity index (χ4n) is 1.77. The number of esters is 1. The van der Waals surface area contributed by atoms with Gasteiger partial charge in [0.15, 0.2) is 6.61 Å². The van der Waals surface area contributed by atoms with Crippen molar-refractivity contribution in [2.45, 2.75) is 12.8 Å². The van der Waals surface area contributed by atoms with E-state index in [2.05, 4.69) is 4.98 Å². The normalized spacial score (nSPS) is 14.6. The van der Waals surface area contributed by atoms with E-state index in [1.807, 2.05) is 0 Å². The van der Waals surface area contributed by atoms with Crippen molar-refractivity contribution >= 4 is 23.5 Å². The number of pyridine rings is 1. The van der Waals surface area contributed by atoms with Crippen molar-refractivity contribution in [2.24, 2.45) is 0 Å². The first-order valence-corrected chi connectivity index (χ1v) is 6.11. The minimum absolute atomic E-state index is 0.150. The zero-order valence-corrected chi connectivity index (χ0v) is 10.5.